The molecule has 0 amide bonds. The van der Waals surface area contributed by atoms with Crippen molar-refractivity contribution in [3.8, 4) is 0 Å². The van der Waals surface area contributed by atoms with Gasteiger partial charge < -0.3 is 0 Å². The van der Waals surface area contributed by atoms with E-state index in [9.17, 15) is 4.79 Å². The number of hydrogen-bond donors (Lipinski definition) is 0. The Hall–Kier alpha value is -1.71. The zero-order valence-corrected chi connectivity index (χ0v) is 5.64. The Kier molecular flexibility index (Phi) is 1.18. The third kappa shape index (κ3) is 0.797. The van der Waals surface area contributed by atoms with Crippen LogP contribution in [0.4, 0.5) is 0 Å². The summed E-state index contributed by atoms with van der Waals surface area (Å²) in [7, 11) is 0. The molecular weight excluding hydrogens is 142 g/mol. The monoisotopic (exact) mass is 147 g/mol. The molecule has 0 saturated carbocycles. The van der Waals surface area contributed by atoms with Crippen molar-refractivity contribution in [2.75, 3.05) is 0 Å². The fraction of sp³-hybridized carbons (Fsp3) is 0. The molecule has 2 heterocycles. The molecule has 0 aliphatic carbocycles. The maximum Gasteiger partial charge on any atom is 0.171 e. The van der Waals surface area contributed by atoms with Gasteiger partial charge in [0, 0.05) is 6.20 Å². The molecule has 0 atom stereocenters. The molecule has 4 nitrogen and oxygen atoms in total. The lowest BCUT2D eigenvalue weighted by Gasteiger charge is -1.91. The van der Waals surface area contributed by atoms with Gasteiger partial charge in [-0.2, -0.15) is 0 Å². The minimum Gasteiger partial charge on any atom is -0.298 e. The topological polar surface area (TPSA) is 47.3 Å². The first-order valence-corrected chi connectivity index (χ1v) is 3.15. The zero-order valence-electron chi connectivity index (χ0n) is 5.64. The van der Waals surface area contributed by atoms with Crippen LogP contribution in [0.5, 0.6) is 0 Å². The van der Waals surface area contributed by atoms with Crippen molar-refractivity contribution in [3.63, 3.8) is 0 Å². The molecule has 0 aliphatic heterocycles. The molecule has 2 aromatic rings. The number of aldehydes is 1. The summed E-state index contributed by atoms with van der Waals surface area (Å²) in [6.07, 6.45) is 4.12. The Morgan fingerprint density at radius 1 is 1.55 bits per heavy atom. The molecule has 54 valence electrons. The van der Waals surface area contributed by atoms with Crippen molar-refractivity contribution in [2.24, 2.45) is 0 Å². The molecule has 0 unspecified atom stereocenters. The van der Waals surface area contributed by atoms with E-state index in [0.29, 0.717) is 11.2 Å². The smallest absolute Gasteiger partial charge is 0.171 e. The summed E-state index contributed by atoms with van der Waals surface area (Å²) in [5.74, 6) is 0. The van der Waals surface area contributed by atoms with Gasteiger partial charge in [0.15, 0.2) is 11.9 Å². The summed E-state index contributed by atoms with van der Waals surface area (Å²) in [4.78, 5) is 10.4. The molecule has 0 spiro atoms. The van der Waals surface area contributed by atoms with Crippen LogP contribution in [0.2, 0.25) is 0 Å². The van der Waals surface area contributed by atoms with Crippen LogP contribution in [0, 0.1) is 0 Å². The van der Waals surface area contributed by atoms with Crippen molar-refractivity contribution >= 4 is 11.9 Å². The summed E-state index contributed by atoms with van der Waals surface area (Å²) in [6, 6.07) is 3.48. The molecule has 11 heavy (non-hydrogen) atoms. The number of fused-ring (bicyclic) bond motifs is 1. The largest absolute Gasteiger partial charge is 0.298 e. The molecule has 0 aliphatic rings. The fourth-order valence-corrected chi connectivity index (χ4v) is 0.964. The van der Waals surface area contributed by atoms with E-state index >= 15 is 0 Å². The van der Waals surface area contributed by atoms with E-state index in [-0.39, 0.29) is 0 Å². The number of carbonyl (C=O) groups is 1. The van der Waals surface area contributed by atoms with E-state index in [1.165, 1.54) is 0 Å². The number of nitrogens with zero attached hydrogens (tertiary/aromatic N) is 3. The first kappa shape index (κ1) is 6.03. The van der Waals surface area contributed by atoms with E-state index in [1.54, 1.807) is 29.1 Å². The number of hydrogen-bond acceptors (Lipinski definition) is 3. The van der Waals surface area contributed by atoms with Gasteiger partial charge in [-0.25, -0.2) is 0 Å². The van der Waals surface area contributed by atoms with Crippen molar-refractivity contribution in [1.82, 2.24) is 14.6 Å². The van der Waals surface area contributed by atoms with Crippen LogP contribution in [-0.2, 0) is 0 Å². The molecule has 2 rings (SSSR count). The van der Waals surface area contributed by atoms with Gasteiger partial charge >= 0.3 is 0 Å². The molecule has 4 heteroatoms. The normalized spacial score (nSPS) is 10.2. The second kappa shape index (κ2) is 2.16. The quantitative estimate of drug-likeness (QED) is 0.553. The van der Waals surface area contributed by atoms with Crippen LogP contribution < -0.4 is 0 Å². The van der Waals surface area contributed by atoms with Crippen molar-refractivity contribution in [2.45, 2.75) is 0 Å². The molecule has 0 fully saturated rings. The number of pyridine rings is 1. The highest BCUT2D eigenvalue weighted by Crippen LogP contribution is 2.03. The maximum absolute atomic E-state index is 10.4. The molecule has 0 radical (unpaired) electrons. The lowest BCUT2D eigenvalue weighted by molar-refractivity contribution is 0.112. The Morgan fingerprint density at radius 2 is 2.45 bits per heavy atom. The highest BCUT2D eigenvalue weighted by Gasteiger charge is 1.99. The molecular formula is C7H5N3O. The van der Waals surface area contributed by atoms with Gasteiger partial charge in [-0.3, -0.25) is 9.20 Å². The van der Waals surface area contributed by atoms with Crippen LogP contribution in [0.15, 0.2) is 24.7 Å². The lowest BCUT2D eigenvalue weighted by atomic mass is 10.3. The van der Waals surface area contributed by atoms with Crippen molar-refractivity contribution < 1.29 is 4.79 Å². The van der Waals surface area contributed by atoms with E-state index in [0.717, 1.165) is 6.29 Å². The van der Waals surface area contributed by atoms with Crippen LogP contribution in [0.3, 0.4) is 0 Å². The second-order valence-corrected chi connectivity index (χ2v) is 2.14. The number of rotatable bonds is 1. The van der Waals surface area contributed by atoms with Gasteiger partial charge in [0.25, 0.3) is 0 Å². The van der Waals surface area contributed by atoms with E-state index < -0.39 is 0 Å². The molecule has 2 aromatic heterocycles. The van der Waals surface area contributed by atoms with Gasteiger partial charge in [-0.1, -0.05) is 0 Å². The lowest BCUT2D eigenvalue weighted by Crippen LogP contribution is -1.88. The Balaban J connectivity index is 2.88. The number of aromatic nitrogens is 3. The van der Waals surface area contributed by atoms with Crippen molar-refractivity contribution in [3.05, 3.63) is 30.2 Å². The Morgan fingerprint density at radius 3 is 3.27 bits per heavy atom. The van der Waals surface area contributed by atoms with E-state index in [2.05, 4.69) is 10.2 Å². The van der Waals surface area contributed by atoms with Gasteiger partial charge in [-0.15, -0.1) is 10.2 Å². The summed E-state index contributed by atoms with van der Waals surface area (Å²) >= 11 is 0. The third-order valence-corrected chi connectivity index (χ3v) is 1.48. The summed E-state index contributed by atoms with van der Waals surface area (Å²) in [5, 5.41) is 7.44. The van der Waals surface area contributed by atoms with E-state index in [4.69, 9.17) is 0 Å². The average molecular weight is 147 g/mol. The van der Waals surface area contributed by atoms with Gasteiger partial charge in [0.05, 0.1) is 5.56 Å². The summed E-state index contributed by atoms with van der Waals surface area (Å²) in [6.45, 7) is 0. The zero-order chi connectivity index (χ0) is 7.68. The highest BCUT2D eigenvalue weighted by molar-refractivity contribution is 5.83. The maximum atomic E-state index is 10.4. The van der Waals surface area contributed by atoms with Crippen molar-refractivity contribution in [1.29, 1.82) is 0 Å². The Bertz CT molecular complexity index is 393. The molecule has 0 aromatic carbocycles. The summed E-state index contributed by atoms with van der Waals surface area (Å²) in [5.41, 5.74) is 1.16. The first-order chi connectivity index (χ1) is 5.42. The Labute approximate surface area is 62.5 Å². The van der Waals surface area contributed by atoms with Gasteiger partial charge in [-0.05, 0) is 12.1 Å². The van der Waals surface area contributed by atoms with Crippen LogP contribution >= 0.6 is 0 Å². The number of carbonyl (C=O) groups excluding carboxylic acids is 1. The molecule has 0 N–H and O–H groups in total. The second-order valence-electron chi connectivity index (χ2n) is 2.14. The standard InChI is InChI=1S/C7H5N3O/c11-4-6-2-1-3-10-5-8-9-7(6)10/h1-5H. The SMILES string of the molecule is O=Cc1cccn2cnnc12. The van der Waals surface area contributed by atoms with Crippen LogP contribution in [0.1, 0.15) is 10.4 Å². The van der Waals surface area contributed by atoms with Crippen LogP contribution in [0.25, 0.3) is 5.65 Å². The van der Waals surface area contributed by atoms with E-state index in [1.807, 2.05) is 0 Å². The highest BCUT2D eigenvalue weighted by atomic mass is 16.1. The average Bonchev–Trinajstić information content (AvgIpc) is 2.50. The summed E-state index contributed by atoms with van der Waals surface area (Å²) < 4.78 is 1.70. The molecule has 0 saturated heterocycles. The molecule has 0 bridgehead atoms. The van der Waals surface area contributed by atoms with Gasteiger partial charge in [0.1, 0.15) is 6.33 Å². The third-order valence-electron chi connectivity index (χ3n) is 1.48. The fourth-order valence-electron chi connectivity index (χ4n) is 0.964. The minimum atomic E-state index is 0.560. The predicted molar refractivity (Wildman–Crippen MR) is 38.4 cm³/mol. The predicted octanol–water partition coefficient (Wildman–Crippen LogP) is 0.542. The van der Waals surface area contributed by atoms with Crippen LogP contribution in [-0.4, -0.2) is 20.9 Å². The minimum absolute atomic E-state index is 0.560. The first-order valence-electron chi connectivity index (χ1n) is 3.15. The van der Waals surface area contributed by atoms with Gasteiger partial charge in [0.2, 0.25) is 0 Å².